The van der Waals surface area contributed by atoms with Gasteiger partial charge in [-0.1, -0.05) is 54.6 Å². The van der Waals surface area contributed by atoms with E-state index in [9.17, 15) is 14.9 Å². The van der Waals surface area contributed by atoms with Gasteiger partial charge in [-0.25, -0.2) is 0 Å². The van der Waals surface area contributed by atoms with Gasteiger partial charge in [-0.3, -0.25) is 14.3 Å². The van der Waals surface area contributed by atoms with Crippen LogP contribution >= 0.6 is 0 Å². The van der Waals surface area contributed by atoms with Gasteiger partial charge in [0.2, 0.25) is 11.7 Å². The molecule has 3 aromatic rings. The number of carbonyl (C=O) groups is 2. The number of fused-ring (bicyclic) bond motifs is 3. The van der Waals surface area contributed by atoms with Crippen molar-refractivity contribution >= 4 is 11.7 Å². The first kappa shape index (κ1) is 17.7. The fraction of sp³-hybridized carbons (Fsp3) is 0.182. The summed E-state index contributed by atoms with van der Waals surface area (Å²) in [4.78, 5) is 25.5. The minimum absolute atomic E-state index is 0.204. The third-order valence-electron chi connectivity index (χ3n) is 4.98. The summed E-state index contributed by atoms with van der Waals surface area (Å²) in [5.74, 6) is -2.59. The van der Waals surface area contributed by atoms with E-state index in [1.807, 2.05) is 60.7 Å². The number of amides is 1. The molecule has 0 bridgehead atoms. The van der Waals surface area contributed by atoms with E-state index in [1.54, 1.807) is 11.7 Å². The summed E-state index contributed by atoms with van der Waals surface area (Å²) in [7, 11) is 1.77. The standard InChI is InChI=1S/C22H18N4O2/c1-26-20-16-10-6-5-9-15(16)11-17(20)19(25-26)21(27)18(12-23)22(28)24-13-14-7-3-2-4-8-14/h2-10,18H,11,13H2,1H3,(H,24,28). The predicted octanol–water partition coefficient (Wildman–Crippen LogP) is 2.63. The van der Waals surface area contributed by atoms with Crippen molar-refractivity contribution in [2.24, 2.45) is 13.0 Å². The Bertz CT molecular complexity index is 1110. The zero-order valence-electron chi connectivity index (χ0n) is 15.3. The number of Topliss-reactive ketones (excluding diaryl/α,β-unsaturated/α-hetero) is 1. The molecule has 2 aromatic carbocycles. The molecule has 1 aromatic heterocycles. The van der Waals surface area contributed by atoms with Crippen molar-refractivity contribution in [2.75, 3.05) is 0 Å². The van der Waals surface area contributed by atoms with Gasteiger partial charge in [0.15, 0.2) is 5.92 Å². The van der Waals surface area contributed by atoms with Crippen molar-refractivity contribution in [2.45, 2.75) is 13.0 Å². The first-order valence-corrected chi connectivity index (χ1v) is 8.99. The molecule has 0 saturated carbocycles. The Labute approximate surface area is 162 Å². The number of nitriles is 1. The lowest BCUT2D eigenvalue weighted by atomic mass is 9.98. The van der Waals surface area contributed by atoms with Gasteiger partial charge < -0.3 is 5.32 Å². The minimum atomic E-state index is -1.42. The first-order chi connectivity index (χ1) is 13.6. The lowest BCUT2D eigenvalue weighted by Crippen LogP contribution is -2.34. The quantitative estimate of drug-likeness (QED) is 0.432. The van der Waals surface area contributed by atoms with Gasteiger partial charge in [0, 0.05) is 31.1 Å². The zero-order chi connectivity index (χ0) is 19.7. The number of aromatic nitrogens is 2. The molecule has 6 heteroatoms. The molecule has 28 heavy (non-hydrogen) atoms. The third kappa shape index (κ3) is 2.97. The molecule has 1 heterocycles. The van der Waals surface area contributed by atoms with E-state index in [0.29, 0.717) is 6.42 Å². The van der Waals surface area contributed by atoms with Crippen molar-refractivity contribution in [1.29, 1.82) is 5.26 Å². The van der Waals surface area contributed by atoms with E-state index in [4.69, 9.17) is 0 Å². The second kappa shape index (κ2) is 7.12. The van der Waals surface area contributed by atoms with Crippen molar-refractivity contribution in [1.82, 2.24) is 15.1 Å². The molecule has 0 aliphatic heterocycles. The Balaban J connectivity index is 1.57. The molecule has 1 aliphatic carbocycles. The lowest BCUT2D eigenvalue weighted by molar-refractivity contribution is -0.122. The van der Waals surface area contributed by atoms with E-state index < -0.39 is 17.6 Å². The van der Waals surface area contributed by atoms with Crippen LogP contribution in [0.25, 0.3) is 11.3 Å². The highest BCUT2D eigenvalue weighted by molar-refractivity contribution is 6.12. The average Bonchev–Trinajstić information content (AvgIpc) is 3.25. The molecule has 0 fully saturated rings. The fourth-order valence-electron chi connectivity index (χ4n) is 3.63. The minimum Gasteiger partial charge on any atom is -0.350 e. The molecule has 1 aliphatic rings. The van der Waals surface area contributed by atoms with Gasteiger partial charge in [-0.15, -0.1) is 0 Å². The molecular weight excluding hydrogens is 352 g/mol. The highest BCUT2D eigenvalue weighted by Crippen LogP contribution is 2.38. The second-order valence-electron chi connectivity index (χ2n) is 6.76. The zero-order valence-corrected chi connectivity index (χ0v) is 15.3. The summed E-state index contributed by atoms with van der Waals surface area (Å²) in [6, 6.07) is 19.1. The summed E-state index contributed by atoms with van der Waals surface area (Å²) in [5, 5.41) is 16.5. The van der Waals surface area contributed by atoms with E-state index in [2.05, 4.69) is 10.4 Å². The largest absolute Gasteiger partial charge is 0.350 e. The maximum absolute atomic E-state index is 13.0. The Morgan fingerprint density at radius 2 is 1.89 bits per heavy atom. The van der Waals surface area contributed by atoms with Crippen molar-refractivity contribution < 1.29 is 9.59 Å². The van der Waals surface area contributed by atoms with Gasteiger partial charge in [-0.2, -0.15) is 10.4 Å². The second-order valence-corrected chi connectivity index (χ2v) is 6.76. The van der Waals surface area contributed by atoms with E-state index >= 15 is 0 Å². The van der Waals surface area contributed by atoms with Crippen LogP contribution in [0, 0.1) is 17.2 Å². The molecule has 1 unspecified atom stereocenters. The highest BCUT2D eigenvalue weighted by Gasteiger charge is 2.35. The number of hydrogen-bond acceptors (Lipinski definition) is 4. The number of benzene rings is 2. The summed E-state index contributed by atoms with van der Waals surface area (Å²) >= 11 is 0. The molecule has 1 amide bonds. The van der Waals surface area contributed by atoms with Crippen LogP contribution in [0.5, 0.6) is 0 Å². The Hall–Kier alpha value is -3.72. The van der Waals surface area contributed by atoms with E-state index in [0.717, 1.165) is 27.9 Å². The number of aryl methyl sites for hydroxylation is 1. The Morgan fingerprint density at radius 3 is 2.64 bits per heavy atom. The van der Waals surface area contributed by atoms with Crippen LogP contribution < -0.4 is 5.32 Å². The number of nitrogens with one attached hydrogen (secondary N) is 1. The molecule has 0 spiro atoms. The molecule has 6 nitrogen and oxygen atoms in total. The normalized spacial score (nSPS) is 12.6. The molecular formula is C22H18N4O2. The molecule has 4 rings (SSSR count). The number of carbonyl (C=O) groups excluding carboxylic acids is 2. The van der Waals surface area contributed by atoms with Crippen LogP contribution in [0.2, 0.25) is 0 Å². The number of rotatable bonds is 5. The van der Waals surface area contributed by atoms with Crippen LogP contribution in [0.1, 0.15) is 27.2 Å². The summed E-state index contributed by atoms with van der Waals surface area (Å²) in [5.41, 5.74) is 4.91. The van der Waals surface area contributed by atoms with Crippen LogP contribution in [0.3, 0.4) is 0 Å². The van der Waals surface area contributed by atoms with Crippen molar-refractivity contribution in [3.05, 3.63) is 77.0 Å². The SMILES string of the molecule is Cn1nc(C(=O)C(C#N)C(=O)NCc2ccccc2)c2c1-c1ccccc1C2. The van der Waals surface area contributed by atoms with Crippen molar-refractivity contribution in [3.63, 3.8) is 0 Å². The molecule has 1 N–H and O–H groups in total. The van der Waals surface area contributed by atoms with E-state index in [-0.39, 0.29) is 12.2 Å². The molecule has 138 valence electrons. The topological polar surface area (TPSA) is 87.8 Å². The Morgan fingerprint density at radius 1 is 1.18 bits per heavy atom. The predicted molar refractivity (Wildman–Crippen MR) is 103 cm³/mol. The monoisotopic (exact) mass is 370 g/mol. The third-order valence-corrected chi connectivity index (χ3v) is 4.98. The van der Waals surface area contributed by atoms with Gasteiger partial charge in [0.05, 0.1) is 11.8 Å². The smallest absolute Gasteiger partial charge is 0.245 e. The van der Waals surface area contributed by atoms with Crippen LogP contribution in [-0.2, 0) is 24.8 Å². The average molecular weight is 370 g/mol. The Kier molecular flexibility index (Phi) is 4.50. The summed E-state index contributed by atoms with van der Waals surface area (Å²) in [6.45, 7) is 0.261. The molecule has 0 radical (unpaired) electrons. The van der Waals surface area contributed by atoms with Gasteiger partial charge in [0.25, 0.3) is 0 Å². The molecule has 0 saturated heterocycles. The van der Waals surface area contributed by atoms with Crippen LogP contribution in [-0.4, -0.2) is 21.5 Å². The van der Waals surface area contributed by atoms with Crippen LogP contribution in [0.4, 0.5) is 0 Å². The fourth-order valence-corrected chi connectivity index (χ4v) is 3.63. The summed E-state index contributed by atoms with van der Waals surface area (Å²) < 4.78 is 1.66. The maximum Gasteiger partial charge on any atom is 0.245 e. The van der Waals surface area contributed by atoms with Gasteiger partial charge in [0.1, 0.15) is 5.69 Å². The maximum atomic E-state index is 13.0. The highest BCUT2D eigenvalue weighted by atomic mass is 16.2. The lowest BCUT2D eigenvalue weighted by Gasteiger charge is -2.09. The summed E-state index contributed by atoms with van der Waals surface area (Å²) in [6.07, 6.45) is 0.574. The number of nitrogens with zero attached hydrogens (tertiary/aromatic N) is 3. The van der Waals surface area contributed by atoms with Gasteiger partial charge in [-0.05, 0) is 11.1 Å². The van der Waals surface area contributed by atoms with Crippen LogP contribution in [0.15, 0.2) is 54.6 Å². The first-order valence-electron chi connectivity index (χ1n) is 8.99. The number of ketones is 1. The van der Waals surface area contributed by atoms with Crippen molar-refractivity contribution in [3.8, 4) is 17.3 Å². The molecule has 1 atom stereocenters. The van der Waals surface area contributed by atoms with E-state index in [1.165, 1.54) is 0 Å². The number of hydrogen-bond donors (Lipinski definition) is 1. The van der Waals surface area contributed by atoms with Gasteiger partial charge >= 0.3 is 0 Å².